The van der Waals surface area contributed by atoms with E-state index < -0.39 is 5.41 Å². The van der Waals surface area contributed by atoms with E-state index in [4.69, 9.17) is 9.72 Å². The molecule has 0 fully saturated rings. The topological polar surface area (TPSA) is 35.0 Å². The summed E-state index contributed by atoms with van der Waals surface area (Å²) in [6.45, 7) is 0. The number of ether oxygens (including phenoxy) is 1. The second-order valence-electron chi connectivity index (χ2n) is 12.1. The Kier molecular flexibility index (Phi) is 5.20. The Labute approximate surface area is 266 Å². The number of aromatic nitrogens is 2. The normalized spacial score (nSPS) is 13.6. The highest BCUT2D eigenvalue weighted by Crippen LogP contribution is 2.62. The largest absolute Gasteiger partial charge is 0.457 e. The van der Waals surface area contributed by atoms with Crippen LogP contribution in [0.15, 0.2) is 158 Å². The first-order valence-electron chi connectivity index (χ1n) is 15.7. The summed E-state index contributed by atoms with van der Waals surface area (Å²) < 4.78 is 6.74. The number of rotatable bonds is 2. The molecular formula is C43H26N2O. The van der Waals surface area contributed by atoms with Crippen molar-refractivity contribution in [3.05, 3.63) is 180 Å². The van der Waals surface area contributed by atoms with Crippen LogP contribution in [0.25, 0.3) is 55.3 Å². The molecule has 3 nitrogen and oxygen atoms in total. The lowest BCUT2D eigenvalue weighted by Gasteiger charge is -2.39. The van der Waals surface area contributed by atoms with E-state index in [1.54, 1.807) is 0 Å². The standard InChI is InChI=1S/C43H26N2O/c1-3-14-34-32(12-1)33-13-2-4-15-35(33)43(34)36-16-5-6-17-39(36)46-40-26-30(20-22-37(40)43)29-9-7-10-31(25-29)38-23-21-28-19-18-27-11-8-24-44-41(27)42(28)45-38/h1-26H. The fourth-order valence-electron chi connectivity index (χ4n) is 7.78. The molecule has 1 aliphatic carbocycles. The molecular weight excluding hydrogens is 560 g/mol. The van der Waals surface area contributed by atoms with Crippen molar-refractivity contribution < 1.29 is 4.74 Å². The van der Waals surface area contributed by atoms with Gasteiger partial charge in [-0.1, -0.05) is 121 Å². The van der Waals surface area contributed by atoms with Crippen molar-refractivity contribution in [3.8, 4) is 45.0 Å². The van der Waals surface area contributed by atoms with E-state index in [1.807, 2.05) is 12.3 Å². The molecule has 6 aromatic carbocycles. The smallest absolute Gasteiger partial charge is 0.132 e. The molecule has 0 unspecified atom stereocenters. The minimum absolute atomic E-state index is 0.455. The summed E-state index contributed by atoms with van der Waals surface area (Å²) in [6.07, 6.45) is 1.83. The molecule has 0 bridgehead atoms. The molecule has 2 aliphatic rings. The molecule has 3 heterocycles. The Morgan fingerprint density at radius 3 is 1.91 bits per heavy atom. The van der Waals surface area contributed by atoms with Gasteiger partial charge in [-0.15, -0.1) is 0 Å². The minimum atomic E-state index is -0.455. The van der Waals surface area contributed by atoms with Crippen LogP contribution in [0, 0.1) is 0 Å². The molecule has 3 heteroatoms. The summed E-state index contributed by atoms with van der Waals surface area (Å²) in [5, 5.41) is 2.18. The summed E-state index contributed by atoms with van der Waals surface area (Å²) in [6, 6.07) is 54.0. The Balaban J connectivity index is 1.14. The van der Waals surface area contributed by atoms with E-state index >= 15 is 0 Å². The van der Waals surface area contributed by atoms with Crippen LogP contribution >= 0.6 is 0 Å². The monoisotopic (exact) mass is 586 g/mol. The molecule has 2 aromatic heterocycles. The van der Waals surface area contributed by atoms with Crippen molar-refractivity contribution in [1.29, 1.82) is 0 Å². The molecule has 10 rings (SSSR count). The van der Waals surface area contributed by atoms with Gasteiger partial charge in [0.15, 0.2) is 0 Å². The second kappa shape index (κ2) is 9.47. The van der Waals surface area contributed by atoms with E-state index in [0.717, 1.165) is 55.7 Å². The average molecular weight is 587 g/mol. The molecule has 0 N–H and O–H groups in total. The van der Waals surface area contributed by atoms with E-state index in [1.165, 1.54) is 33.4 Å². The zero-order valence-corrected chi connectivity index (χ0v) is 24.8. The molecule has 0 saturated carbocycles. The molecule has 1 spiro atoms. The maximum atomic E-state index is 6.74. The number of benzene rings is 6. The van der Waals surface area contributed by atoms with Crippen molar-refractivity contribution >= 4 is 21.8 Å². The lowest BCUT2D eigenvalue weighted by molar-refractivity contribution is 0.436. The van der Waals surface area contributed by atoms with Gasteiger partial charge in [-0.05, 0) is 63.7 Å². The van der Waals surface area contributed by atoms with Crippen LogP contribution in [0.4, 0.5) is 0 Å². The molecule has 0 saturated heterocycles. The van der Waals surface area contributed by atoms with Gasteiger partial charge >= 0.3 is 0 Å². The van der Waals surface area contributed by atoms with E-state index in [0.29, 0.717) is 0 Å². The van der Waals surface area contributed by atoms with Gasteiger partial charge in [0.05, 0.1) is 22.1 Å². The number of hydrogen-bond acceptors (Lipinski definition) is 3. The fraction of sp³-hybridized carbons (Fsp3) is 0.0233. The predicted octanol–water partition coefficient (Wildman–Crippen LogP) is 10.6. The lowest BCUT2D eigenvalue weighted by atomic mass is 9.66. The van der Waals surface area contributed by atoms with Gasteiger partial charge in [0.25, 0.3) is 0 Å². The molecule has 1 aliphatic heterocycles. The van der Waals surface area contributed by atoms with Gasteiger partial charge in [0, 0.05) is 33.7 Å². The van der Waals surface area contributed by atoms with Crippen LogP contribution in [0.5, 0.6) is 11.5 Å². The first kappa shape index (κ1) is 25.3. The highest BCUT2D eigenvalue weighted by atomic mass is 16.5. The van der Waals surface area contributed by atoms with Gasteiger partial charge in [-0.25, -0.2) is 4.98 Å². The number of para-hydroxylation sites is 1. The van der Waals surface area contributed by atoms with Crippen molar-refractivity contribution in [2.75, 3.05) is 0 Å². The third kappa shape index (κ3) is 3.43. The van der Waals surface area contributed by atoms with Crippen LogP contribution < -0.4 is 4.74 Å². The maximum absolute atomic E-state index is 6.74. The van der Waals surface area contributed by atoms with Crippen molar-refractivity contribution in [3.63, 3.8) is 0 Å². The van der Waals surface area contributed by atoms with Crippen LogP contribution in [-0.4, -0.2) is 9.97 Å². The SMILES string of the molecule is c1cc(-c2ccc3c(c2)Oc2ccccc2C32c3ccccc3-c3ccccc32)cc(-c2ccc3ccc4cccnc4c3n2)c1. The van der Waals surface area contributed by atoms with E-state index in [-0.39, 0.29) is 0 Å². The van der Waals surface area contributed by atoms with E-state index in [9.17, 15) is 0 Å². The van der Waals surface area contributed by atoms with Crippen molar-refractivity contribution in [2.45, 2.75) is 5.41 Å². The lowest BCUT2D eigenvalue weighted by Crippen LogP contribution is -2.32. The molecule has 46 heavy (non-hydrogen) atoms. The van der Waals surface area contributed by atoms with Crippen molar-refractivity contribution in [2.24, 2.45) is 0 Å². The van der Waals surface area contributed by atoms with Gasteiger partial charge < -0.3 is 4.74 Å². The fourth-order valence-corrected chi connectivity index (χ4v) is 7.78. The Hall–Kier alpha value is -6.06. The summed E-state index contributed by atoms with van der Waals surface area (Å²) in [5.41, 5.74) is 13.1. The second-order valence-corrected chi connectivity index (χ2v) is 12.1. The molecule has 0 amide bonds. The highest BCUT2D eigenvalue weighted by Gasteiger charge is 2.50. The van der Waals surface area contributed by atoms with Gasteiger partial charge in [-0.2, -0.15) is 0 Å². The predicted molar refractivity (Wildman–Crippen MR) is 185 cm³/mol. The third-order valence-corrected chi connectivity index (χ3v) is 9.77. The summed E-state index contributed by atoms with van der Waals surface area (Å²) in [4.78, 5) is 9.76. The first-order valence-corrected chi connectivity index (χ1v) is 15.7. The number of pyridine rings is 2. The first-order chi connectivity index (χ1) is 22.8. The maximum Gasteiger partial charge on any atom is 0.132 e. The summed E-state index contributed by atoms with van der Waals surface area (Å²) in [7, 11) is 0. The van der Waals surface area contributed by atoms with E-state index in [2.05, 4.69) is 151 Å². The highest BCUT2D eigenvalue weighted by molar-refractivity contribution is 6.03. The number of nitrogens with zero attached hydrogens (tertiary/aromatic N) is 2. The number of hydrogen-bond donors (Lipinski definition) is 0. The van der Waals surface area contributed by atoms with Gasteiger partial charge in [0.1, 0.15) is 11.5 Å². The molecule has 0 radical (unpaired) electrons. The summed E-state index contributed by atoms with van der Waals surface area (Å²) >= 11 is 0. The van der Waals surface area contributed by atoms with Crippen LogP contribution in [0.2, 0.25) is 0 Å². The van der Waals surface area contributed by atoms with Crippen molar-refractivity contribution in [1.82, 2.24) is 9.97 Å². The summed E-state index contributed by atoms with van der Waals surface area (Å²) in [5.74, 6) is 1.78. The van der Waals surface area contributed by atoms with Gasteiger partial charge in [-0.3, -0.25) is 4.98 Å². The zero-order valence-electron chi connectivity index (χ0n) is 24.8. The molecule has 0 atom stereocenters. The Bertz CT molecular complexity index is 2490. The Morgan fingerprint density at radius 1 is 0.435 bits per heavy atom. The number of fused-ring (bicyclic) bond motifs is 12. The molecule has 214 valence electrons. The quantitative estimate of drug-likeness (QED) is 0.189. The zero-order chi connectivity index (χ0) is 30.2. The van der Waals surface area contributed by atoms with Crippen LogP contribution in [-0.2, 0) is 5.41 Å². The van der Waals surface area contributed by atoms with Gasteiger partial charge in [0.2, 0.25) is 0 Å². The third-order valence-electron chi connectivity index (χ3n) is 9.77. The minimum Gasteiger partial charge on any atom is -0.457 e. The molecule has 8 aromatic rings. The van der Waals surface area contributed by atoms with Crippen LogP contribution in [0.1, 0.15) is 22.3 Å². The van der Waals surface area contributed by atoms with Crippen LogP contribution in [0.3, 0.4) is 0 Å². The Morgan fingerprint density at radius 2 is 1.09 bits per heavy atom. The average Bonchev–Trinajstić information content (AvgIpc) is 3.42.